The third-order valence-electron chi connectivity index (χ3n) is 8.07. The number of thiophene rings is 1. The second-order valence-electron chi connectivity index (χ2n) is 10.9. The second kappa shape index (κ2) is 13.0. The Morgan fingerprint density at radius 1 is 0.952 bits per heavy atom. The number of rotatable bonds is 10. The van der Waals surface area contributed by atoms with Crippen LogP contribution in [0.2, 0.25) is 0 Å². The number of hydrogen-bond acceptors (Lipinski definition) is 6. The van der Waals surface area contributed by atoms with Crippen molar-refractivity contribution in [2.75, 3.05) is 42.3 Å². The lowest BCUT2D eigenvalue weighted by atomic mass is 10.0. The van der Waals surface area contributed by atoms with Gasteiger partial charge in [0.1, 0.15) is 5.00 Å². The Morgan fingerprint density at radius 3 is 2.36 bits per heavy atom. The fourth-order valence-corrected chi connectivity index (χ4v) is 8.70. The van der Waals surface area contributed by atoms with Crippen LogP contribution in [0.25, 0.3) is 0 Å². The molecular formula is C32H40N4O4S2. The van der Waals surface area contributed by atoms with Gasteiger partial charge in [-0.15, -0.1) is 11.3 Å². The van der Waals surface area contributed by atoms with Gasteiger partial charge in [0.25, 0.3) is 21.8 Å². The Labute approximate surface area is 253 Å². The molecule has 0 saturated heterocycles. The van der Waals surface area contributed by atoms with Gasteiger partial charge in [-0.2, -0.15) is 0 Å². The Kier molecular flexibility index (Phi) is 9.35. The molecule has 2 aliphatic heterocycles. The molecule has 0 atom stereocenters. The van der Waals surface area contributed by atoms with Gasteiger partial charge in [-0.3, -0.25) is 18.8 Å². The molecule has 0 spiro atoms. The van der Waals surface area contributed by atoms with Crippen LogP contribution in [0, 0.1) is 0 Å². The van der Waals surface area contributed by atoms with E-state index in [-0.39, 0.29) is 16.7 Å². The first-order valence-electron chi connectivity index (χ1n) is 15.0. The summed E-state index contributed by atoms with van der Waals surface area (Å²) >= 11 is 1.48. The smallest absolute Gasteiger partial charge is 0.264 e. The summed E-state index contributed by atoms with van der Waals surface area (Å²) in [7, 11) is -3.78. The minimum absolute atomic E-state index is 0.0281. The summed E-state index contributed by atoms with van der Waals surface area (Å²) in [5, 5.41) is 3.60. The Morgan fingerprint density at radius 2 is 1.67 bits per heavy atom. The van der Waals surface area contributed by atoms with Crippen LogP contribution in [0.15, 0.2) is 53.4 Å². The van der Waals surface area contributed by atoms with Crippen molar-refractivity contribution in [2.24, 2.45) is 0 Å². The largest absolute Gasteiger partial charge is 0.339 e. The highest BCUT2D eigenvalue weighted by atomic mass is 32.2. The van der Waals surface area contributed by atoms with Crippen LogP contribution in [0.4, 0.5) is 10.7 Å². The van der Waals surface area contributed by atoms with Crippen molar-refractivity contribution in [1.82, 2.24) is 9.80 Å². The Hall–Kier alpha value is -3.21. The molecular weight excluding hydrogens is 569 g/mol. The van der Waals surface area contributed by atoms with Crippen LogP contribution in [0.5, 0.6) is 0 Å². The Bertz CT molecular complexity index is 1540. The summed E-state index contributed by atoms with van der Waals surface area (Å²) in [6.07, 6.45) is 4.10. The number of nitrogens with one attached hydrogen (secondary N) is 1. The number of sulfonamides is 1. The van der Waals surface area contributed by atoms with E-state index in [4.69, 9.17) is 0 Å². The summed E-state index contributed by atoms with van der Waals surface area (Å²) in [5.74, 6) is -0.389. The molecule has 1 N–H and O–H groups in total. The molecule has 0 fully saturated rings. The molecule has 0 radical (unpaired) electrons. The van der Waals surface area contributed by atoms with E-state index in [0.29, 0.717) is 41.4 Å². The van der Waals surface area contributed by atoms with E-state index in [1.165, 1.54) is 27.8 Å². The molecule has 1 aromatic heterocycles. The molecule has 2 aromatic carbocycles. The second-order valence-corrected chi connectivity index (χ2v) is 13.9. The van der Waals surface area contributed by atoms with Crippen molar-refractivity contribution >= 4 is 43.9 Å². The zero-order valence-electron chi connectivity index (χ0n) is 24.7. The van der Waals surface area contributed by atoms with Gasteiger partial charge in [0.15, 0.2) is 0 Å². The molecule has 10 heteroatoms. The summed E-state index contributed by atoms with van der Waals surface area (Å²) in [4.78, 5) is 32.8. The highest BCUT2D eigenvalue weighted by molar-refractivity contribution is 7.92. The van der Waals surface area contributed by atoms with Crippen LogP contribution >= 0.6 is 11.3 Å². The molecule has 5 rings (SSSR count). The van der Waals surface area contributed by atoms with Crippen LogP contribution < -0.4 is 9.62 Å². The molecule has 0 unspecified atom stereocenters. The fraction of sp³-hybridized carbons (Fsp3) is 0.438. The number of fused-ring (bicyclic) bond motifs is 2. The minimum Gasteiger partial charge on any atom is -0.339 e. The van der Waals surface area contributed by atoms with Crippen molar-refractivity contribution in [2.45, 2.75) is 64.3 Å². The maximum absolute atomic E-state index is 13.8. The molecule has 3 heterocycles. The van der Waals surface area contributed by atoms with E-state index < -0.39 is 10.0 Å². The van der Waals surface area contributed by atoms with E-state index in [1.807, 2.05) is 29.2 Å². The standard InChI is InChI=1S/C32H40N4O4S2/c1-4-18-35(19-5-2)32(38)29-26-17-21-34(6-3)22-28(26)41-31(29)33-30(37)24-13-15-25(16-14-24)42(39,40)36-20-9-11-23-10-7-8-12-27(23)36/h7-8,10,12-16H,4-6,9,11,17-22H2,1-3H3,(H,33,37). The van der Waals surface area contributed by atoms with E-state index in [2.05, 4.69) is 31.0 Å². The van der Waals surface area contributed by atoms with Crippen molar-refractivity contribution in [3.05, 3.63) is 75.7 Å². The third kappa shape index (κ3) is 5.98. The monoisotopic (exact) mass is 608 g/mol. The summed E-state index contributed by atoms with van der Waals surface area (Å²) in [6, 6.07) is 13.7. The first-order chi connectivity index (χ1) is 20.3. The predicted octanol–water partition coefficient (Wildman–Crippen LogP) is 5.78. The lowest BCUT2D eigenvalue weighted by Crippen LogP contribution is -2.35. The molecule has 2 aliphatic rings. The van der Waals surface area contributed by atoms with Crippen molar-refractivity contribution in [3.63, 3.8) is 0 Å². The van der Waals surface area contributed by atoms with E-state index in [1.54, 1.807) is 12.1 Å². The molecule has 3 aromatic rings. The highest BCUT2D eigenvalue weighted by Gasteiger charge is 2.32. The van der Waals surface area contributed by atoms with Gasteiger partial charge in [0.05, 0.1) is 16.1 Å². The maximum Gasteiger partial charge on any atom is 0.264 e. The lowest BCUT2D eigenvalue weighted by Gasteiger charge is -2.30. The van der Waals surface area contributed by atoms with E-state index in [9.17, 15) is 18.0 Å². The van der Waals surface area contributed by atoms with Crippen LogP contribution in [-0.2, 0) is 29.4 Å². The van der Waals surface area contributed by atoms with Gasteiger partial charge < -0.3 is 10.2 Å². The number of aryl methyl sites for hydroxylation is 1. The van der Waals surface area contributed by atoms with Gasteiger partial charge in [-0.05, 0) is 80.1 Å². The topological polar surface area (TPSA) is 90.0 Å². The molecule has 0 bridgehead atoms. The zero-order chi connectivity index (χ0) is 29.9. The fourth-order valence-electron chi connectivity index (χ4n) is 5.88. The van der Waals surface area contributed by atoms with Crippen molar-refractivity contribution in [1.29, 1.82) is 0 Å². The van der Waals surface area contributed by atoms with Gasteiger partial charge in [0, 0.05) is 43.2 Å². The zero-order valence-corrected chi connectivity index (χ0v) is 26.3. The van der Waals surface area contributed by atoms with E-state index in [0.717, 1.165) is 67.7 Å². The number of anilines is 2. The SMILES string of the molecule is CCCN(CCC)C(=O)c1c(NC(=O)c2ccc(S(=O)(=O)N3CCCc4ccccc43)cc2)sc2c1CCN(CC)C2. The quantitative estimate of drug-likeness (QED) is 0.315. The van der Waals surface area contributed by atoms with Gasteiger partial charge in [-0.1, -0.05) is 39.0 Å². The number of para-hydroxylation sites is 1. The molecule has 224 valence electrons. The normalized spacial score (nSPS) is 15.2. The first kappa shape index (κ1) is 30.3. The van der Waals surface area contributed by atoms with Crippen molar-refractivity contribution < 1.29 is 18.0 Å². The molecule has 0 saturated carbocycles. The molecule has 8 nitrogen and oxygen atoms in total. The van der Waals surface area contributed by atoms with Crippen LogP contribution in [0.3, 0.4) is 0 Å². The predicted molar refractivity (Wildman–Crippen MR) is 169 cm³/mol. The minimum atomic E-state index is -3.78. The highest BCUT2D eigenvalue weighted by Crippen LogP contribution is 2.38. The number of likely N-dealkylation sites (N-methyl/N-ethyl adjacent to an activating group) is 1. The number of benzene rings is 2. The number of nitrogens with zero attached hydrogens (tertiary/aromatic N) is 3. The third-order valence-corrected chi connectivity index (χ3v) is 11.0. The Balaban J connectivity index is 1.41. The number of carbonyl (C=O) groups excluding carboxylic acids is 2. The maximum atomic E-state index is 13.8. The number of carbonyl (C=O) groups is 2. The van der Waals surface area contributed by atoms with Gasteiger partial charge in [0.2, 0.25) is 0 Å². The van der Waals surface area contributed by atoms with E-state index >= 15 is 0 Å². The molecule has 42 heavy (non-hydrogen) atoms. The summed E-state index contributed by atoms with van der Waals surface area (Å²) in [6.45, 7) is 10.6. The average molecular weight is 609 g/mol. The molecule has 2 amide bonds. The van der Waals surface area contributed by atoms with Gasteiger partial charge >= 0.3 is 0 Å². The summed E-state index contributed by atoms with van der Waals surface area (Å²) in [5.41, 5.74) is 3.73. The van der Waals surface area contributed by atoms with Crippen molar-refractivity contribution in [3.8, 4) is 0 Å². The summed E-state index contributed by atoms with van der Waals surface area (Å²) < 4.78 is 28.6. The lowest BCUT2D eigenvalue weighted by molar-refractivity contribution is 0.0755. The average Bonchev–Trinajstić information content (AvgIpc) is 3.37. The van der Waals surface area contributed by atoms with Crippen LogP contribution in [0.1, 0.15) is 76.8 Å². The van der Waals surface area contributed by atoms with Crippen LogP contribution in [-0.4, -0.2) is 62.8 Å². The first-order valence-corrected chi connectivity index (χ1v) is 17.2. The number of amides is 2. The number of hydrogen-bond donors (Lipinski definition) is 1. The molecule has 0 aliphatic carbocycles. The van der Waals surface area contributed by atoms with Gasteiger partial charge in [-0.25, -0.2) is 8.42 Å².